The van der Waals surface area contributed by atoms with Crippen LogP contribution in [0.3, 0.4) is 0 Å². The second-order valence-electron chi connectivity index (χ2n) is 11.2. The first-order chi connectivity index (χ1) is 15.9. The zero-order chi connectivity index (χ0) is 24.8. The van der Waals surface area contributed by atoms with Gasteiger partial charge in [-0.15, -0.1) is 0 Å². The van der Waals surface area contributed by atoms with Crippen LogP contribution in [0.25, 0.3) is 5.57 Å². The maximum Gasteiger partial charge on any atom is 0.337 e. The fourth-order valence-corrected chi connectivity index (χ4v) is 5.00. The van der Waals surface area contributed by atoms with Gasteiger partial charge in [0.1, 0.15) is 11.6 Å². The molecule has 1 atom stereocenters. The van der Waals surface area contributed by atoms with Crippen LogP contribution in [0, 0.1) is 17.8 Å². The van der Waals surface area contributed by atoms with E-state index in [1.807, 2.05) is 19.9 Å². The lowest BCUT2D eigenvalue weighted by molar-refractivity contribution is 0.0698. The van der Waals surface area contributed by atoms with Crippen LogP contribution < -0.4 is 15.8 Å². The predicted molar refractivity (Wildman–Crippen MR) is 137 cm³/mol. The van der Waals surface area contributed by atoms with E-state index in [-0.39, 0.29) is 22.6 Å². The molecule has 4 rings (SSSR count). The zero-order valence-corrected chi connectivity index (χ0v) is 21.1. The third kappa shape index (κ3) is 4.61. The van der Waals surface area contributed by atoms with Gasteiger partial charge in [-0.1, -0.05) is 45.9 Å². The van der Waals surface area contributed by atoms with Crippen molar-refractivity contribution in [3.05, 3.63) is 57.6 Å². The Morgan fingerprint density at radius 2 is 1.79 bits per heavy atom. The van der Waals surface area contributed by atoms with Crippen molar-refractivity contribution < 1.29 is 9.90 Å². The minimum Gasteiger partial charge on any atom is -0.478 e. The molecule has 1 aromatic heterocycles. The molecule has 0 saturated carbocycles. The van der Waals surface area contributed by atoms with Gasteiger partial charge in [0.2, 0.25) is 0 Å². The molecule has 2 N–H and O–H groups in total. The molecule has 0 radical (unpaired) electrons. The van der Waals surface area contributed by atoms with Gasteiger partial charge in [-0.25, -0.2) is 9.78 Å². The number of carboxylic acids is 1. The fourth-order valence-electron chi connectivity index (χ4n) is 5.00. The number of aromatic nitrogens is 2. The SMILES string of the molecule is Cc1c(N2CCC(C)(C)CC2)nc2n(c1=O)CC(C)(C)C=C2[C@H](C)Nc1ccccc1C(=O)O. The third-order valence-electron chi connectivity index (χ3n) is 7.15. The van der Waals surface area contributed by atoms with Gasteiger partial charge >= 0.3 is 5.97 Å². The molecule has 7 heteroatoms. The molecule has 7 nitrogen and oxygen atoms in total. The number of piperidine rings is 1. The number of allylic oxidation sites excluding steroid dienone is 1. The van der Waals surface area contributed by atoms with E-state index >= 15 is 0 Å². The highest BCUT2D eigenvalue weighted by atomic mass is 16.4. The number of nitrogens with zero attached hydrogens (tertiary/aromatic N) is 3. The zero-order valence-electron chi connectivity index (χ0n) is 21.1. The minimum atomic E-state index is -0.978. The molecule has 0 bridgehead atoms. The summed E-state index contributed by atoms with van der Waals surface area (Å²) in [7, 11) is 0. The number of carboxylic acid groups (broad SMARTS) is 1. The summed E-state index contributed by atoms with van der Waals surface area (Å²) >= 11 is 0. The van der Waals surface area contributed by atoms with E-state index in [4.69, 9.17) is 4.98 Å². The average Bonchev–Trinajstić information content (AvgIpc) is 2.76. The summed E-state index contributed by atoms with van der Waals surface area (Å²) in [6, 6.07) is 6.65. The highest BCUT2D eigenvalue weighted by Gasteiger charge is 2.33. The van der Waals surface area contributed by atoms with Crippen LogP contribution in [0.1, 0.15) is 69.2 Å². The van der Waals surface area contributed by atoms with E-state index in [1.165, 1.54) is 0 Å². The Balaban J connectivity index is 1.76. The van der Waals surface area contributed by atoms with E-state index in [0.29, 0.717) is 29.0 Å². The number of fused-ring (bicyclic) bond motifs is 1. The largest absolute Gasteiger partial charge is 0.478 e. The minimum absolute atomic E-state index is 0.00152. The molecule has 0 unspecified atom stereocenters. The van der Waals surface area contributed by atoms with Crippen LogP contribution in [0.5, 0.6) is 0 Å². The number of hydrogen-bond acceptors (Lipinski definition) is 5. The molecule has 2 aliphatic rings. The number of aromatic carboxylic acids is 1. The summed E-state index contributed by atoms with van der Waals surface area (Å²) in [6.45, 7) is 15.0. The average molecular weight is 465 g/mol. The highest BCUT2D eigenvalue weighted by Crippen LogP contribution is 2.36. The molecule has 0 spiro atoms. The molecule has 1 fully saturated rings. The Kier molecular flexibility index (Phi) is 6.08. The Hall–Kier alpha value is -3.09. The number of benzene rings is 1. The molecule has 1 saturated heterocycles. The van der Waals surface area contributed by atoms with Crippen LogP contribution in [-0.2, 0) is 6.54 Å². The molecule has 34 heavy (non-hydrogen) atoms. The number of rotatable bonds is 5. The number of carbonyl (C=O) groups is 1. The van der Waals surface area contributed by atoms with Crippen LogP contribution in [0.4, 0.5) is 11.5 Å². The monoisotopic (exact) mass is 464 g/mol. The van der Waals surface area contributed by atoms with Crippen LogP contribution in [0.2, 0.25) is 0 Å². The summed E-state index contributed by atoms with van der Waals surface area (Å²) in [4.78, 5) is 32.6. The van der Waals surface area contributed by atoms with Crippen molar-refractivity contribution in [3.8, 4) is 0 Å². The van der Waals surface area contributed by atoms with E-state index in [2.05, 4.69) is 44.0 Å². The van der Waals surface area contributed by atoms with Crippen molar-refractivity contribution in [2.45, 2.75) is 67.0 Å². The Labute approximate surface area is 201 Å². The van der Waals surface area contributed by atoms with Gasteiger partial charge in [-0.05, 0) is 44.2 Å². The maximum absolute atomic E-state index is 13.5. The van der Waals surface area contributed by atoms with Crippen molar-refractivity contribution in [2.24, 2.45) is 10.8 Å². The lowest BCUT2D eigenvalue weighted by Gasteiger charge is -2.39. The van der Waals surface area contributed by atoms with Crippen molar-refractivity contribution in [3.63, 3.8) is 0 Å². The fraction of sp³-hybridized carbons (Fsp3) is 0.519. The maximum atomic E-state index is 13.5. The molecule has 2 aliphatic heterocycles. The number of nitrogens with one attached hydrogen (secondary N) is 1. The Morgan fingerprint density at radius 3 is 2.44 bits per heavy atom. The molecule has 1 aromatic carbocycles. The van der Waals surface area contributed by atoms with Crippen molar-refractivity contribution in [1.29, 1.82) is 0 Å². The summed E-state index contributed by atoms with van der Waals surface area (Å²) in [5, 5.41) is 13.0. The lowest BCUT2D eigenvalue weighted by atomic mass is 9.82. The lowest BCUT2D eigenvalue weighted by Crippen LogP contribution is -2.42. The van der Waals surface area contributed by atoms with Gasteiger partial charge in [0.05, 0.1) is 17.2 Å². The quantitative estimate of drug-likeness (QED) is 0.661. The predicted octanol–water partition coefficient (Wildman–Crippen LogP) is 4.80. The first-order valence-corrected chi connectivity index (χ1v) is 12.1. The molecule has 2 aromatic rings. The third-order valence-corrected chi connectivity index (χ3v) is 7.15. The summed E-state index contributed by atoms with van der Waals surface area (Å²) < 4.78 is 1.79. The molecule has 3 heterocycles. The van der Waals surface area contributed by atoms with Gasteiger partial charge in [-0.2, -0.15) is 0 Å². The normalized spacial score (nSPS) is 19.7. The summed E-state index contributed by atoms with van der Waals surface area (Å²) in [5.74, 6) is 0.465. The standard InChI is InChI=1S/C27H36N4O3/c1-17-22(30-13-11-26(3,4)12-14-30)29-23-20(15-27(5,6)16-31(23)24(17)32)18(2)28-21-10-8-7-9-19(21)25(33)34/h7-10,15,18,28H,11-14,16H2,1-6H3,(H,33,34)/t18-/m0/s1. The highest BCUT2D eigenvalue weighted by molar-refractivity contribution is 5.94. The molecule has 0 amide bonds. The smallest absolute Gasteiger partial charge is 0.337 e. The van der Waals surface area contributed by atoms with E-state index in [9.17, 15) is 14.7 Å². The summed E-state index contributed by atoms with van der Waals surface area (Å²) in [5.41, 5.74) is 2.44. The van der Waals surface area contributed by atoms with Gasteiger partial charge in [0.25, 0.3) is 5.56 Å². The second-order valence-corrected chi connectivity index (χ2v) is 11.2. The van der Waals surface area contributed by atoms with Crippen molar-refractivity contribution in [1.82, 2.24) is 9.55 Å². The first-order valence-electron chi connectivity index (χ1n) is 12.1. The number of para-hydroxylation sites is 1. The second kappa shape index (κ2) is 8.60. The molecular weight excluding hydrogens is 428 g/mol. The van der Waals surface area contributed by atoms with E-state index < -0.39 is 5.97 Å². The van der Waals surface area contributed by atoms with Crippen LogP contribution in [-0.4, -0.2) is 39.8 Å². The van der Waals surface area contributed by atoms with Gasteiger partial charge in [-0.3, -0.25) is 9.36 Å². The van der Waals surface area contributed by atoms with Gasteiger partial charge < -0.3 is 15.3 Å². The number of hydrogen-bond donors (Lipinski definition) is 2. The molecule has 182 valence electrons. The molecule has 0 aliphatic carbocycles. The molecular formula is C27H36N4O3. The van der Waals surface area contributed by atoms with E-state index in [1.54, 1.807) is 22.8 Å². The first kappa shape index (κ1) is 24.0. The Bertz CT molecular complexity index is 1200. The van der Waals surface area contributed by atoms with E-state index in [0.717, 1.165) is 37.3 Å². The number of anilines is 2. The Morgan fingerprint density at radius 1 is 1.15 bits per heavy atom. The van der Waals surface area contributed by atoms with Crippen molar-refractivity contribution in [2.75, 3.05) is 23.3 Å². The van der Waals surface area contributed by atoms with Crippen LogP contribution >= 0.6 is 0 Å². The van der Waals surface area contributed by atoms with Crippen molar-refractivity contribution >= 4 is 23.0 Å². The summed E-state index contributed by atoms with van der Waals surface area (Å²) in [6.07, 6.45) is 4.30. The topological polar surface area (TPSA) is 87.5 Å². The van der Waals surface area contributed by atoms with Gasteiger partial charge in [0.15, 0.2) is 0 Å². The van der Waals surface area contributed by atoms with Gasteiger partial charge in [0, 0.05) is 36.3 Å². The van der Waals surface area contributed by atoms with Crippen LogP contribution in [0.15, 0.2) is 35.1 Å².